The first kappa shape index (κ1) is 16.7. The van der Waals surface area contributed by atoms with Crippen LogP contribution in [-0.2, 0) is 6.18 Å². The van der Waals surface area contributed by atoms with Gasteiger partial charge in [-0.3, -0.25) is 0 Å². The van der Waals surface area contributed by atoms with Crippen molar-refractivity contribution in [1.82, 2.24) is 0 Å². The molecular formula is C19H13F3NO2+. The van der Waals surface area contributed by atoms with Gasteiger partial charge in [-0.1, -0.05) is 42.5 Å². The van der Waals surface area contributed by atoms with Gasteiger partial charge in [0.2, 0.25) is 5.75 Å². The molecule has 3 aromatic rings. The van der Waals surface area contributed by atoms with E-state index in [1.54, 1.807) is 12.1 Å². The summed E-state index contributed by atoms with van der Waals surface area (Å²) in [4.78, 5) is 11.0. The topological polar surface area (TPSA) is 40.3 Å². The first-order chi connectivity index (χ1) is 12.0. The third-order valence-electron chi connectivity index (χ3n) is 3.61. The van der Waals surface area contributed by atoms with E-state index >= 15 is 0 Å². The quantitative estimate of drug-likeness (QED) is 0.749. The molecule has 3 rings (SSSR count). The monoisotopic (exact) mass is 344 g/mol. The van der Waals surface area contributed by atoms with Crippen molar-refractivity contribution in [2.45, 2.75) is 6.18 Å². The average molecular weight is 344 g/mol. The van der Waals surface area contributed by atoms with Crippen molar-refractivity contribution in [2.75, 3.05) is 0 Å². The standard InChI is InChI=1S/C19H12F3NO2/c20-19(21,22)15-8-11-18(17(12-15)23-24)25-16-9-6-14(7-10-16)13-4-2-1-3-5-13/h1-12H/p+1. The summed E-state index contributed by atoms with van der Waals surface area (Å²) >= 11 is 0. The van der Waals surface area contributed by atoms with Gasteiger partial charge in [0.05, 0.1) is 5.56 Å². The Balaban J connectivity index is 1.84. The highest BCUT2D eigenvalue weighted by molar-refractivity contribution is 5.64. The second kappa shape index (κ2) is 6.76. The summed E-state index contributed by atoms with van der Waals surface area (Å²) in [6.45, 7) is 0. The Bertz CT molecular complexity index is 875. The molecule has 0 saturated carbocycles. The van der Waals surface area contributed by atoms with E-state index in [-0.39, 0.29) is 11.4 Å². The van der Waals surface area contributed by atoms with Gasteiger partial charge in [-0.15, -0.1) is 0 Å². The van der Waals surface area contributed by atoms with Crippen LogP contribution < -0.4 is 9.91 Å². The highest BCUT2D eigenvalue weighted by atomic mass is 19.4. The fourth-order valence-electron chi connectivity index (χ4n) is 2.35. The van der Waals surface area contributed by atoms with Crippen molar-refractivity contribution in [3.63, 3.8) is 0 Å². The van der Waals surface area contributed by atoms with Gasteiger partial charge in [0.25, 0.3) is 5.69 Å². The van der Waals surface area contributed by atoms with E-state index in [0.29, 0.717) is 5.75 Å². The van der Waals surface area contributed by atoms with Crippen LogP contribution in [0.5, 0.6) is 11.5 Å². The summed E-state index contributed by atoms with van der Waals surface area (Å²) in [6, 6.07) is 19.5. The van der Waals surface area contributed by atoms with Crippen molar-refractivity contribution in [3.8, 4) is 22.6 Å². The second-order valence-corrected chi connectivity index (χ2v) is 5.30. The number of ether oxygens (including phenoxy) is 1. The van der Waals surface area contributed by atoms with Crippen LogP contribution in [0, 0.1) is 4.91 Å². The van der Waals surface area contributed by atoms with Crippen LogP contribution in [-0.4, -0.2) is 0 Å². The summed E-state index contributed by atoms with van der Waals surface area (Å²) in [6.07, 6.45) is -4.53. The zero-order valence-electron chi connectivity index (χ0n) is 12.9. The molecule has 0 unspecified atom stereocenters. The van der Waals surface area contributed by atoms with Crippen molar-refractivity contribution in [3.05, 3.63) is 83.3 Å². The van der Waals surface area contributed by atoms with Crippen LogP contribution in [0.2, 0.25) is 0 Å². The van der Waals surface area contributed by atoms with Crippen LogP contribution >= 0.6 is 0 Å². The van der Waals surface area contributed by atoms with Crippen molar-refractivity contribution < 1.29 is 23.1 Å². The van der Waals surface area contributed by atoms with Crippen molar-refractivity contribution in [2.24, 2.45) is 0 Å². The molecule has 0 aliphatic carbocycles. The molecule has 0 heterocycles. The van der Waals surface area contributed by atoms with Crippen LogP contribution in [0.15, 0.2) is 72.8 Å². The summed E-state index contributed by atoms with van der Waals surface area (Å²) in [7, 11) is 0. The molecule has 0 bridgehead atoms. The molecule has 0 saturated heterocycles. The van der Waals surface area contributed by atoms with Crippen molar-refractivity contribution >= 4 is 5.69 Å². The van der Waals surface area contributed by atoms with Gasteiger partial charge in [-0.25, -0.2) is 0 Å². The molecule has 0 radical (unpaired) electrons. The lowest BCUT2D eigenvalue weighted by Crippen LogP contribution is -2.56. The van der Waals surface area contributed by atoms with E-state index in [2.05, 4.69) is 0 Å². The normalized spacial score (nSPS) is 11.2. The highest BCUT2D eigenvalue weighted by Gasteiger charge is 2.32. The van der Waals surface area contributed by atoms with Gasteiger partial charge in [-0.2, -0.15) is 13.2 Å². The molecule has 3 nitrogen and oxygen atoms in total. The van der Waals surface area contributed by atoms with Crippen LogP contribution in [0.4, 0.5) is 18.9 Å². The maximum Gasteiger partial charge on any atom is 0.416 e. The minimum absolute atomic E-state index is 0.0236. The first-order valence-corrected chi connectivity index (χ1v) is 7.40. The molecule has 1 N–H and O–H groups in total. The number of hydrogen-bond acceptors (Lipinski definition) is 2. The third kappa shape index (κ3) is 3.85. The molecular weight excluding hydrogens is 331 g/mol. The van der Waals surface area contributed by atoms with E-state index in [4.69, 9.17) is 4.74 Å². The number of nitrogens with one attached hydrogen (secondary N) is 1. The van der Waals surface area contributed by atoms with Gasteiger partial charge >= 0.3 is 6.18 Å². The molecule has 126 valence electrons. The molecule has 0 aliphatic rings. The maximum atomic E-state index is 12.7. The number of halogens is 3. The smallest absolute Gasteiger partial charge is 0.416 e. The van der Waals surface area contributed by atoms with E-state index in [9.17, 15) is 18.1 Å². The third-order valence-corrected chi connectivity index (χ3v) is 3.61. The fraction of sp³-hybridized carbons (Fsp3) is 0.0526. The van der Waals surface area contributed by atoms with E-state index in [1.807, 2.05) is 42.5 Å². The van der Waals surface area contributed by atoms with Crippen molar-refractivity contribution in [1.29, 1.82) is 0 Å². The van der Waals surface area contributed by atoms with E-state index < -0.39 is 11.7 Å². The average Bonchev–Trinajstić information content (AvgIpc) is 2.62. The van der Waals surface area contributed by atoms with Gasteiger partial charge in [-0.05, 0) is 35.4 Å². The van der Waals surface area contributed by atoms with Crippen LogP contribution in [0.25, 0.3) is 11.1 Å². The second-order valence-electron chi connectivity index (χ2n) is 5.30. The minimum Gasteiger partial charge on any atom is -0.450 e. The molecule has 0 aromatic heterocycles. The van der Waals surface area contributed by atoms with Crippen LogP contribution in [0.3, 0.4) is 0 Å². The number of rotatable bonds is 4. The van der Waals surface area contributed by atoms with Gasteiger partial charge in [0, 0.05) is 16.2 Å². The van der Waals surface area contributed by atoms with Gasteiger partial charge in [0.15, 0.2) is 0 Å². The largest absolute Gasteiger partial charge is 0.450 e. The highest BCUT2D eigenvalue weighted by Crippen LogP contribution is 2.35. The SMILES string of the molecule is O=[NH+]c1cc(C(F)(F)F)ccc1Oc1ccc(-c2ccccc2)cc1. The summed E-state index contributed by atoms with van der Waals surface area (Å²) in [5, 5.41) is 1.49. The molecule has 0 atom stereocenters. The maximum absolute atomic E-state index is 12.7. The lowest BCUT2D eigenvalue weighted by Gasteiger charge is -2.09. The Morgan fingerprint density at radius 1 is 0.800 bits per heavy atom. The summed E-state index contributed by atoms with van der Waals surface area (Å²) in [5.74, 6) is 0.436. The zero-order chi connectivity index (χ0) is 17.9. The zero-order valence-corrected chi connectivity index (χ0v) is 12.9. The number of nitroso groups, excluding NO2 is 1. The van der Waals surface area contributed by atoms with E-state index in [0.717, 1.165) is 29.3 Å². The Morgan fingerprint density at radius 3 is 2.04 bits per heavy atom. The first-order valence-electron chi connectivity index (χ1n) is 7.40. The lowest BCUT2D eigenvalue weighted by molar-refractivity contribution is -0.380. The molecule has 25 heavy (non-hydrogen) atoms. The molecule has 0 fully saturated rings. The molecule has 0 spiro atoms. The Labute approximate surface area is 141 Å². The number of hydrogen-bond donors (Lipinski definition) is 1. The number of alkyl halides is 3. The summed E-state index contributed by atoms with van der Waals surface area (Å²) in [5.41, 5.74) is 0.813. The molecule has 6 heteroatoms. The lowest BCUT2D eigenvalue weighted by atomic mass is 10.1. The predicted molar refractivity (Wildman–Crippen MR) is 87.4 cm³/mol. The Hall–Kier alpha value is -3.15. The predicted octanol–water partition coefficient (Wildman–Crippen LogP) is 4.64. The molecule has 0 amide bonds. The summed E-state index contributed by atoms with van der Waals surface area (Å²) < 4.78 is 43.6. The van der Waals surface area contributed by atoms with E-state index in [1.165, 1.54) is 5.18 Å². The van der Waals surface area contributed by atoms with Gasteiger partial charge in [0.1, 0.15) is 5.75 Å². The molecule has 3 aromatic carbocycles. The number of benzene rings is 3. The molecule has 0 aliphatic heterocycles. The van der Waals surface area contributed by atoms with Gasteiger partial charge < -0.3 is 4.74 Å². The Morgan fingerprint density at radius 2 is 1.44 bits per heavy atom. The minimum atomic E-state index is -4.53. The Kier molecular flexibility index (Phi) is 4.52. The van der Waals surface area contributed by atoms with Crippen LogP contribution in [0.1, 0.15) is 5.56 Å². The fourth-order valence-corrected chi connectivity index (χ4v) is 2.35.